The fourth-order valence-electron chi connectivity index (χ4n) is 3.99. The van der Waals surface area contributed by atoms with Crippen LogP contribution in [0.15, 0.2) is 59.9 Å². The predicted molar refractivity (Wildman–Crippen MR) is 126 cm³/mol. The molecule has 2 N–H and O–H groups in total. The van der Waals surface area contributed by atoms with E-state index in [2.05, 4.69) is 65.3 Å². The number of aromatic amines is 1. The fourth-order valence-corrected chi connectivity index (χ4v) is 3.99. The number of aryl methyl sites for hydroxylation is 1. The van der Waals surface area contributed by atoms with Crippen LogP contribution in [0.3, 0.4) is 0 Å². The molecule has 4 aromatic rings. The van der Waals surface area contributed by atoms with Crippen LogP contribution in [0.4, 0.5) is 0 Å². The fraction of sp³-hybridized carbons (Fsp3) is 0.240. The lowest BCUT2D eigenvalue weighted by molar-refractivity contribution is 0.616. The number of rotatable bonds is 8. The number of H-pyrrole nitrogens is 1. The number of nitrogens with zero attached hydrogens (tertiary/aromatic N) is 3. The van der Waals surface area contributed by atoms with E-state index in [9.17, 15) is 0 Å². The Hall–Kier alpha value is -3.47. The molecule has 0 saturated carbocycles. The molecular weight excluding hydrogens is 370 g/mol. The largest absolute Gasteiger partial charge is 0.370 e. The van der Waals surface area contributed by atoms with Crippen molar-refractivity contribution in [1.29, 1.82) is 0 Å². The number of benzene rings is 2. The average molecular weight is 398 g/mol. The highest BCUT2D eigenvalue weighted by Crippen LogP contribution is 2.30. The summed E-state index contributed by atoms with van der Waals surface area (Å²) in [4.78, 5) is 9.20. The number of aliphatic imine (C=N–C) groups is 1. The molecule has 0 aliphatic carbocycles. The predicted octanol–water partition coefficient (Wildman–Crippen LogP) is 5.20. The summed E-state index contributed by atoms with van der Waals surface area (Å²) in [7, 11) is 0. The number of hydrogen-bond acceptors (Lipinski definition) is 4. The minimum Gasteiger partial charge on any atom is -0.370 e. The quantitative estimate of drug-likeness (QED) is 0.402. The van der Waals surface area contributed by atoms with Gasteiger partial charge in [-0.15, -0.1) is 0 Å². The Labute approximate surface area is 177 Å². The minimum absolute atomic E-state index is 0.0783. The van der Waals surface area contributed by atoms with Crippen molar-refractivity contribution in [3.05, 3.63) is 77.2 Å². The molecule has 0 radical (unpaired) electrons. The molecule has 0 aliphatic rings. The molecule has 5 nitrogen and oxygen atoms in total. The maximum absolute atomic E-state index is 4.98. The van der Waals surface area contributed by atoms with Gasteiger partial charge in [-0.3, -0.25) is 10.1 Å². The Kier molecular flexibility index (Phi) is 5.89. The van der Waals surface area contributed by atoms with Gasteiger partial charge in [0.15, 0.2) is 0 Å². The molecular formula is C25H27N5. The zero-order valence-electron chi connectivity index (χ0n) is 17.5. The monoisotopic (exact) mass is 397 g/mol. The van der Waals surface area contributed by atoms with Gasteiger partial charge in [0.05, 0.1) is 22.9 Å². The molecule has 2 aromatic heterocycles. The molecule has 2 heterocycles. The van der Waals surface area contributed by atoms with Gasteiger partial charge in [0.1, 0.15) is 6.17 Å². The summed E-state index contributed by atoms with van der Waals surface area (Å²) in [5.74, 6) is 0. The highest BCUT2D eigenvalue weighted by molar-refractivity contribution is 6.07. The Bertz CT molecular complexity index is 1190. The van der Waals surface area contributed by atoms with Crippen molar-refractivity contribution in [2.45, 2.75) is 39.3 Å². The second kappa shape index (κ2) is 8.91. The van der Waals surface area contributed by atoms with Crippen molar-refractivity contribution >= 4 is 34.6 Å². The number of nitrogens with one attached hydrogen (secondary N) is 2. The van der Waals surface area contributed by atoms with Crippen LogP contribution in [-0.2, 0) is 12.8 Å². The van der Waals surface area contributed by atoms with Crippen LogP contribution in [0, 0.1) is 6.92 Å². The number of fused-ring (bicyclic) bond motifs is 3. The molecule has 1 atom stereocenters. The lowest BCUT2D eigenvalue weighted by Crippen LogP contribution is -2.24. The van der Waals surface area contributed by atoms with E-state index in [-0.39, 0.29) is 6.17 Å². The first-order valence-corrected chi connectivity index (χ1v) is 10.4. The first-order chi connectivity index (χ1) is 14.7. The van der Waals surface area contributed by atoms with E-state index in [1.54, 1.807) is 0 Å². The maximum Gasteiger partial charge on any atom is 0.121 e. The zero-order valence-corrected chi connectivity index (χ0v) is 17.5. The lowest BCUT2D eigenvalue weighted by atomic mass is 9.96. The van der Waals surface area contributed by atoms with Crippen LogP contribution in [0.2, 0.25) is 0 Å². The van der Waals surface area contributed by atoms with Gasteiger partial charge in [-0.1, -0.05) is 43.7 Å². The van der Waals surface area contributed by atoms with E-state index in [0.717, 1.165) is 41.4 Å². The van der Waals surface area contributed by atoms with Gasteiger partial charge in [0, 0.05) is 23.4 Å². The van der Waals surface area contributed by atoms with Crippen LogP contribution >= 0.6 is 0 Å². The van der Waals surface area contributed by atoms with Crippen molar-refractivity contribution in [3.63, 3.8) is 0 Å². The van der Waals surface area contributed by atoms with Crippen molar-refractivity contribution in [3.8, 4) is 0 Å². The average Bonchev–Trinajstić information content (AvgIpc) is 3.25. The van der Waals surface area contributed by atoms with Crippen molar-refractivity contribution in [2.75, 3.05) is 0 Å². The normalized spacial score (nSPS) is 12.6. The second-order valence-electron chi connectivity index (χ2n) is 7.53. The number of aromatic nitrogens is 3. The van der Waals surface area contributed by atoms with E-state index in [4.69, 9.17) is 4.98 Å². The summed E-state index contributed by atoms with van der Waals surface area (Å²) in [5, 5.41) is 12.9. The zero-order chi connectivity index (χ0) is 20.9. The molecule has 0 saturated heterocycles. The van der Waals surface area contributed by atoms with E-state index in [1.165, 1.54) is 22.1 Å². The van der Waals surface area contributed by atoms with E-state index in [0.29, 0.717) is 0 Å². The minimum atomic E-state index is -0.0783. The summed E-state index contributed by atoms with van der Waals surface area (Å²) in [6, 6.07) is 14.4. The van der Waals surface area contributed by atoms with Crippen LogP contribution in [-0.4, -0.2) is 28.1 Å². The van der Waals surface area contributed by atoms with Gasteiger partial charge < -0.3 is 5.32 Å². The van der Waals surface area contributed by atoms with Gasteiger partial charge in [-0.25, -0.2) is 4.98 Å². The number of pyridine rings is 1. The molecule has 4 rings (SSSR count). The Morgan fingerprint density at radius 3 is 2.80 bits per heavy atom. The third kappa shape index (κ3) is 3.96. The summed E-state index contributed by atoms with van der Waals surface area (Å²) < 4.78 is 0. The Morgan fingerprint density at radius 2 is 2.03 bits per heavy atom. The van der Waals surface area contributed by atoms with Gasteiger partial charge in [-0.05, 0) is 55.0 Å². The molecule has 0 fully saturated rings. The SMILES string of the molecule is C=NC(Cc1ccccc1)N/C=C/c1nc2ccc3[nH]ncc3c2c(C)c1CCC. The van der Waals surface area contributed by atoms with Gasteiger partial charge in [0.25, 0.3) is 0 Å². The van der Waals surface area contributed by atoms with Crippen LogP contribution in [0.1, 0.15) is 35.7 Å². The van der Waals surface area contributed by atoms with Gasteiger partial charge >= 0.3 is 0 Å². The van der Waals surface area contributed by atoms with Crippen molar-refractivity contribution < 1.29 is 0 Å². The number of hydrogen-bond donors (Lipinski definition) is 2. The highest BCUT2D eigenvalue weighted by atomic mass is 15.1. The standard InChI is InChI=1S/C25H27N5/c1-4-8-19-17(2)25-20-16-28-30-22(20)11-12-23(25)29-21(19)13-14-27-24(26-3)15-18-9-6-5-7-10-18/h5-7,9-14,16,24,27H,3-4,8,15H2,1-2H3,(H,28,30)/b14-13+. The Balaban J connectivity index is 1.64. The van der Waals surface area contributed by atoms with Crippen LogP contribution in [0.25, 0.3) is 27.9 Å². The van der Waals surface area contributed by atoms with Crippen molar-refractivity contribution in [1.82, 2.24) is 20.5 Å². The van der Waals surface area contributed by atoms with Gasteiger partial charge in [0.2, 0.25) is 0 Å². The first-order valence-electron chi connectivity index (χ1n) is 10.4. The molecule has 1 unspecified atom stereocenters. The molecule has 0 amide bonds. The van der Waals surface area contributed by atoms with E-state index < -0.39 is 0 Å². The summed E-state index contributed by atoms with van der Waals surface area (Å²) >= 11 is 0. The van der Waals surface area contributed by atoms with E-state index >= 15 is 0 Å². The lowest BCUT2D eigenvalue weighted by Gasteiger charge is -2.14. The molecule has 0 aliphatic heterocycles. The molecule has 30 heavy (non-hydrogen) atoms. The van der Waals surface area contributed by atoms with Crippen LogP contribution < -0.4 is 5.32 Å². The van der Waals surface area contributed by atoms with Crippen molar-refractivity contribution in [2.24, 2.45) is 4.99 Å². The topological polar surface area (TPSA) is 66.0 Å². The first kappa shape index (κ1) is 19.8. The summed E-state index contributed by atoms with van der Waals surface area (Å²) in [6.07, 6.45) is 8.66. The van der Waals surface area contributed by atoms with Gasteiger partial charge in [-0.2, -0.15) is 5.10 Å². The smallest absolute Gasteiger partial charge is 0.121 e. The summed E-state index contributed by atoms with van der Waals surface area (Å²) in [5.41, 5.74) is 6.81. The van der Waals surface area contributed by atoms with Crippen LogP contribution in [0.5, 0.6) is 0 Å². The molecule has 2 aromatic carbocycles. The molecule has 0 spiro atoms. The highest BCUT2D eigenvalue weighted by Gasteiger charge is 2.13. The third-order valence-corrected chi connectivity index (χ3v) is 5.50. The summed E-state index contributed by atoms with van der Waals surface area (Å²) in [6.45, 7) is 8.13. The molecule has 152 valence electrons. The van der Waals surface area contributed by atoms with E-state index in [1.807, 2.05) is 36.7 Å². The molecule has 0 bridgehead atoms. The third-order valence-electron chi connectivity index (χ3n) is 5.50. The maximum atomic E-state index is 4.98. The molecule has 5 heteroatoms. The second-order valence-corrected chi connectivity index (χ2v) is 7.53. The Morgan fingerprint density at radius 1 is 1.20 bits per heavy atom.